The van der Waals surface area contributed by atoms with Crippen LogP contribution >= 0.6 is 0 Å². The summed E-state index contributed by atoms with van der Waals surface area (Å²) < 4.78 is 16.5. The summed E-state index contributed by atoms with van der Waals surface area (Å²) in [6.07, 6.45) is 0.930. The van der Waals surface area contributed by atoms with Gasteiger partial charge in [0.05, 0.1) is 38.7 Å². The highest BCUT2D eigenvalue weighted by Crippen LogP contribution is 2.48. The zero-order chi connectivity index (χ0) is 29.2. The summed E-state index contributed by atoms with van der Waals surface area (Å²) in [7, 11) is 4.80. The standard InChI is InChI=1S/C35H32N2O5/c1-40-26-16-13-22(14-17-26)25-19-28-33(30(38)20-25)34(24-15-18-31(41-2)32(21-24)42-3)37(29-12-8-7-11-27(29)36-28)35(39)23-9-5-4-6-10-23/h4-18,21,25,34,36H,19-20H2,1-3H3/t25-,34-/m1/s1. The van der Waals surface area contributed by atoms with Crippen molar-refractivity contribution in [2.75, 3.05) is 31.5 Å². The van der Waals surface area contributed by atoms with Gasteiger partial charge in [0.15, 0.2) is 17.3 Å². The molecule has 4 aromatic carbocycles. The Hall–Kier alpha value is -5.04. The van der Waals surface area contributed by atoms with Crippen LogP contribution in [0.5, 0.6) is 17.2 Å². The fourth-order valence-corrected chi connectivity index (χ4v) is 5.98. The number of hydrogen-bond acceptors (Lipinski definition) is 6. The first-order chi connectivity index (χ1) is 20.5. The van der Waals surface area contributed by atoms with E-state index in [4.69, 9.17) is 14.2 Å². The molecule has 1 aliphatic heterocycles. The number of allylic oxidation sites excluding steroid dienone is 1. The Morgan fingerprint density at radius 1 is 0.762 bits per heavy atom. The Morgan fingerprint density at radius 2 is 1.45 bits per heavy atom. The minimum atomic E-state index is -0.701. The molecule has 0 fully saturated rings. The van der Waals surface area contributed by atoms with Crippen LogP contribution in [0.3, 0.4) is 0 Å². The van der Waals surface area contributed by atoms with Crippen LogP contribution in [0.2, 0.25) is 0 Å². The Bertz CT molecular complexity index is 1660. The van der Waals surface area contributed by atoms with Gasteiger partial charge >= 0.3 is 0 Å². The second-order valence-corrected chi connectivity index (χ2v) is 10.4. The molecule has 0 spiro atoms. The number of carbonyl (C=O) groups excluding carboxylic acids is 2. The molecule has 2 atom stereocenters. The smallest absolute Gasteiger partial charge is 0.259 e. The average Bonchev–Trinajstić information content (AvgIpc) is 3.19. The predicted molar refractivity (Wildman–Crippen MR) is 163 cm³/mol. The van der Waals surface area contributed by atoms with Gasteiger partial charge in [-0.3, -0.25) is 14.5 Å². The molecular formula is C35H32N2O5. The lowest BCUT2D eigenvalue weighted by atomic mass is 9.78. The number of carbonyl (C=O) groups is 2. The Morgan fingerprint density at radius 3 is 2.17 bits per heavy atom. The summed E-state index contributed by atoms with van der Waals surface area (Å²) in [6.45, 7) is 0. The van der Waals surface area contributed by atoms with Crippen molar-refractivity contribution in [3.05, 3.63) is 125 Å². The normalized spacial score (nSPS) is 17.9. The lowest BCUT2D eigenvalue weighted by Crippen LogP contribution is -2.38. The maximum absolute atomic E-state index is 14.4. The molecule has 0 saturated heterocycles. The zero-order valence-electron chi connectivity index (χ0n) is 23.8. The second-order valence-electron chi connectivity index (χ2n) is 10.4. The molecule has 7 heteroatoms. The number of ether oxygens (including phenoxy) is 3. The lowest BCUT2D eigenvalue weighted by molar-refractivity contribution is -0.116. The SMILES string of the molecule is COc1ccc([C@H]2CC(=O)C3=C(C2)Nc2ccccc2N(C(=O)c2ccccc2)[C@@H]3c2ccc(OC)c(OC)c2)cc1. The lowest BCUT2D eigenvalue weighted by Gasteiger charge is -2.35. The van der Waals surface area contributed by atoms with Crippen molar-refractivity contribution in [2.45, 2.75) is 24.8 Å². The van der Waals surface area contributed by atoms with E-state index in [1.54, 1.807) is 38.4 Å². The minimum absolute atomic E-state index is 0.0111. The van der Waals surface area contributed by atoms with Crippen LogP contribution in [0.1, 0.15) is 46.3 Å². The predicted octanol–water partition coefficient (Wildman–Crippen LogP) is 6.93. The summed E-state index contributed by atoms with van der Waals surface area (Å²) in [5.74, 6) is 1.62. The number of para-hydroxylation sites is 2. The molecule has 0 unspecified atom stereocenters. The molecule has 42 heavy (non-hydrogen) atoms. The fourth-order valence-electron chi connectivity index (χ4n) is 5.98. The van der Waals surface area contributed by atoms with Gasteiger partial charge < -0.3 is 19.5 Å². The summed E-state index contributed by atoms with van der Waals surface area (Å²) in [6, 6.07) is 29.6. The number of amides is 1. The number of methoxy groups -OCH3 is 3. The number of hydrogen-bond donors (Lipinski definition) is 1. The maximum Gasteiger partial charge on any atom is 0.259 e. The van der Waals surface area contributed by atoms with E-state index in [0.717, 1.165) is 28.3 Å². The number of nitrogens with one attached hydrogen (secondary N) is 1. The summed E-state index contributed by atoms with van der Waals surface area (Å²) in [4.78, 5) is 30.4. The van der Waals surface area contributed by atoms with Crippen molar-refractivity contribution in [1.29, 1.82) is 0 Å². The highest BCUT2D eigenvalue weighted by Gasteiger charge is 2.42. The van der Waals surface area contributed by atoms with Crippen LogP contribution < -0.4 is 24.4 Å². The van der Waals surface area contributed by atoms with Crippen LogP contribution in [0.15, 0.2) is 108 Å². The van der Waals surface area contributed by atoms with Gasteiger partial charge in [-0.25, -0.2) is 0 Å². The maximum atomic E-state index is 14.4. The molecule has 1 aliphatic carbocycles. The van der Waals surface area contributed by atoms with Gasteiger partial charge in [-0.15, -0.1) is 0 Å². The Labute approximate surface area is 245 Å². The van der Waals surface area contributed by atoms with E-state index in [2.05, 4.69) is 5.32 Å². The molecule has 6 rings (SSSR count). The van der Waals surface area contributed by atoms with Gasteiger partial charge in [0.2, 0.25) is 0 Å². The second kappa shape index (κ2) is 11.4. The van der Waals surface area contributed by atoms with E-state index in [1.807, 2.05) is 84.9 Å². The number of rotatable bonds is 6. The molecule has 4 aromatic rings. The van der Waals surface area contributed by atoms with E-state index in [0.29, 0.717) is 41.2 Å². The average molecular weight is 561 g/mol. The largest absolute Gasteiger partial charge is 0.497 e. The van der Waals surface area contributed by atoms with Gasteiger partial charge in [-0.1, -0.05) is 48.5 Å². The number of Topliss-reactive ketones (excluding diaryl/α,β-unsaturated/α-hetero) is 1. The van der Waals surface area contributed by atoms with Crippen molar-refractivity contribution in [3.63, 3.8) is 0 Å². The van der Waals surface area contributed by atoms with Gasteiger partial charge in [-0.2, -0.15) is 0 Å². The Balaban J connectivity index is 1.56. The molecule has 1 amide bonds. The molecule has 1 N–H and O–H groups in total. The van der Waals surface area contributed by atoms with Crippen molar-refractivity contribution in [2.24, 2.45) is 0 Å². The Kier molecular flexibility index (Phi) is 7.40. The highest BCUT2D eigenvalue weighted by molar-refractivity contribution is 6.12. The molecule has 0 radical (unpaired) electrons. The first-order valence-corrected chi connectivity index (χ1v) is 13.9. The third-order valence-electron chi connectivity index (χ3n) is 8.04. The quantitative estimate of drug-likeness (QED) is 0.276. The third kappa shape index (κ3) is 4.87. The number of nitrogens with zero attached hydrogens (tertiary/aromatic N) is 1. The highest BCUT2D eigenvalue weighted by atomic mass is 16.5. The van der Waals surface area contributed by atoms with E-state index in [1.165, 1.54) is 0 Å². The van der Waals surface area contributed by atoms with Crippen molar-refractivity contribution in [3.8, 4) is 17.2 Å². The van der Waals surface area contributed by atoms with Gasteiger partial charge in [0.1, 0.15) is 5.75 Å². The van der Waals surface area contributed by atoms with Crippen LogP contribution in [0.4, 0.5) is 11.4 Å². The van der Waals surface area contributed by atoms with Crippen LogP contribution in [-0.2, 0) is 4.79 Å². The zero-order valence-corrected chi connectivity index (χ0v) is 23.8. The van der Waals surface area contributed by atoms with Gasteiger partial charge in [0.25, 0.3) is 5.91 Å². The molecule has 212 valence electrons. The third-order valence-corrected chi connectivity index (χ3v) is 8.04. The number of ketones is 1. The molecule has 0 aromatic heterocycles. The number of anilines is 2. The van der Waals surface area contributed by atoms with Crippen molar-refractivity contribution >= 4 is 23.1 Å². The monoisotopic (exact) mass is 560 g/mol. The molecule has 7 nitrogen and oxygen atoms in total. The number of benzene rings is 4. The molecule has 0 saturated carbocycles. The van der Waals surface area contributed by atoms with Crippen LogP contribution in [0, 0.1) is 0 Å². The molecule has 0 bridgehead atoms. The minimum Gasteiger partial charge on any atom is -0.497 e. The van der Waals surface area contributed by atoms with E-state index < -0.39 is 6.04 Å². The first-order valence-electron chi connectivity index (χ1n) is 13.9. The summed E-state index contributed by atoms with van der Waals surface area (Å²) in [5, 5.41) is 3.59. The number of fused-ring (bicyclic) bond motifs is 1. The molecule has 2 aliphatic rings. The fraction of sp³-hybridized carbons (Fsp3) is 0.200. The van der Waals surface area contributed by atoms with Crippen LogP contribution in [-0.4, -0.2) is 33.0 Å². The molecule has 1 heterocycles. The first kappa shape index (κ1) is 27.1. The van der Waals surface area contributed by atoms with E-state index >= 15 is 0 Å². The van der Waals surface area contributed by atoms with Crippen molar-refractivity contribution in [1.82, 2.24) is 0 Å². The topological polar surface area (TPSA) is 77.1 Å². The summed E-state index contributed by atoms with van der Waals surface area (Å²) in [5.41, 5.74) is 5.18. The molecular weight excluding hydrogens is 528 g/mol. The van der Waals surface area contributed by atoms with E-state index in [9.17, 15) is 9.59 Å². The summed E-state index contributed by atoms with van der Waals surface area (Å²) >= 11 is 0. The van der Waals surface area contributed by atoms with Crippen molar-refractivity contribution < 1.29 is 23.8 Å². The van der Waals surface area contributed by atoms with Gasteiger partial charge in [-0.05, 0) is 72.0 Å². The van der Waals surface area contributed by atoms with Crippen LogP contribution in [0.25, 0.3) is 0 Å². The van der Waals surface area contributed by atoms with E-state index in [-0.39, 0.29) is 17.6 Å². The van der Waals surface area contributed by atoms with Gasteiger partial charge in [0, 0.05) is 23.3 Å².